The molecule has 5 nitrogen and oxygen atoms in total. The molecule has 0 saturated heterocycles. The van der Waals surface area contributed by atoms with Crippen LogP contribution in [0.2, 0.25) is 0 Å². The third-order valence-corrected chi connectivity index (χ3v) is 3.82. The molecule has 0 aliphatic rings. The summed E-state index contributed by atoms with van der Waals surface area (Å²) in [5, 5.41) is 4.78. The fourth-order valence-corrected chi connectivity index (χ4v) is 2.80. The van der Waals surface area contributed by atoms with Gasteiger partial charge in [0, 0.05) is 29.8 Å². The first kappa shape index (κ1) is 16.1. The summed E-state index contributed by atoms with van der Waals surface area (Å²) >= 11 is 0. The van der Waals surface area contributed by atoms with E-state index in [1.807, 2.05) is 36.4 Å². The van der Waals surface area contributed by atoms with Crippen molar-refractivity contribution in [3.63, 3.8) is 0 Å². The molecule has 1 heterocycles. The molecule has 0 radical (unpaired) electrons. The van der Waals surface area contributed by atoms with E-state index in [0.717, 1.165) is 27.5 Å². The summed E-state index contributed by atoms with van der Waals surface area (Å²) in [5.41, 5.74) is 3.09. The van der Waals surface area contributed by atoms with Crippen molar-refractivity contribution in [1.29, 1.82) is 0 Å². The van der Waals surface area contributed by atoms with Crippen LogP contribution < -0.4 is 5.32 Å². The van der Waals surface area contributed by atoms with Crippen molar-refractivity contribution in [3.05, 3.63) is 42.0 Å². The third kappa shape index (κ3) is 3.25. The van der Waals surface area contributed by atoms with Gasteiger partial charge < -0.3 is 14.5 Å². The number of nitrogens with one attached hydrogen (secondary N) is 1. The number of carbonyl (C=O) groups is 2. The second-order valence-corrected chi connectivity index (χ2v) is 5.59. The van der Waals surface area contributed by atoms with Gasteiger partial charge in [-0.2, -0.15) is 0 Å². The average Bonchev–Trinajstić information content (AvgIpc) is 2.90. The Hall–Kier alpha value is -2.82. The molecule has 1 N–H and O–H groups in total. The Kier molecular flexibility index (Phi) is 4.51. The minimum absolute atomic E-state index is 0.153. The minimum Gasteiger partial charge on any atom is -0.466 e. The van der Waals surface area contributed by atoms with E-state index in [9.17, 15) is 9.59 Å². The van der Waals surface area contributed by atoms with Gasteiger partial charge in [0.05, 0.1) is 6.61 Å². The van der Waals surface area contributed by atoms with Gasteiger partial charge in [-0.1, -0.05) is 18.2 Å². The van der Waals surface area contributed by atoms with Gasteiger partial charge in [-0.15, -0.1) is 0 Å². The van der Waals surface area contributed by atoms with Crippen LogP contribution in [-0.4, -0.2) is 18.5 Å². The summed E-state index contributed by atoms with van der Waals surface area (Å²) in [7, 11) is 0. The van der Waals surface area contributed by atoms with Gasteiger partial charge >= 0.3 is 5.97 Å². The lowest BCUT2D eigenvalue weighted by molar-refractivity contribution is -0.143. The van der Waals surface area contributed by atoms with Crippen LogP contribution in [0.25, 0.3) is 21.9 Å². The number of hydrogen-bond acceptors (Lipinski definition) is 4. The topological polar surface area (TPSA) is 68.5 Å². The number of aryl methyl sites for hydroxylation is 1. The van der Waals surface area contributed by atoms with E-state index in [4.69, 9.17) is 9.15 Å². The number of rotatable bonds is 5. The second kappa shape index (κ2) is 6.74. The van der Waals surface area contributed by atoms with E-state index in [-0.39, 0.29) is 18.3 Å². The number of benzene rings is 2. The smallest absolute Gasteiger partial charge is 0.306 e. The fourth-order valence-electron chi connectivity index (χ4n) is 2.80. The van der Waals surface area contributed by atoms with E-state index in [0.29, 0.717) is 18.7 Å². The van der Waals surface area contributed by atoms with Crippen molar-refractivity contribution < 1.29 is 18.7 Å². The molecule has 24 heavy (non-hydrogen) atoms. The van der Waals surface area contributed by atoms with Crippen LogP contribution in [-0.2, 0) is 20.7 Å². The third-order valence-electron chi connectivity index (χ3n) is 3.82. The molecule has 0 unspecified atom stereocenters. The van der Waals surface area contributed by atoms with Crippen molar-refractivity contribution in [3.8, 4) is 0 Å². The molecule has 0 bridgehead atoms. The highest BCUT2D eigenvalue weighted by Crippen LogP contribution is 2.33. The van der Waals surface area contributed by atoms with Gasteiger partial charge in [0.15, 0.2) is 0 Å². The molecule has 0 aliphatic heterocycles. The van der Waals surface area contributed by atoms with Crippen LogP contribution in [0.15, 0.2) is 40.8 Å². The highest BCUT2D eigenvalue weighted by Gasteiger charge is 2.14. The van der Waals surface area contributed by atoms with Gasteiger partial charge in [-0.05, 0) is 37.1 Å². The Labute approximate surface area is 139 Å². The molecule has 1 amide bonds. The zero-order chi connectivity index (χ0) is 17.1. The maximum absolute atomic E-state index is 11.6. The standard InChI is InChI=1S/C19H19NO4/c1-3-23-19(22)9-8-13-10-18-15(11-16(13)20-12(2)21)14-6-4-5-7-17(14)24-18/h4-7,10-11H,3,8-9H2,1-2H3,(H,20,21). The molecule has 3 aromatic rings. The van der Waals surface area contributed by atoms with Crippen LogP contribution in [0.1, 0.15) is 25.8 Å². The summed E-state index contributed by atoms with van der Waals surface area (Å²) < 4.78 is 10.8. The van der Waals surface area contributed by atoms with E-state index in [1.165, 1.54) is 6.92 Å². The summed E-state index contributed by atoms with van der Waals surface area (Å²) in [6.07, 6.45) is 0.730. The van der Waals surface area contributed by atoms with Crippen molar-refractivity contribution in [2.45, 2.75) is 26.7 Å². The molecule has 124 valence electrons. The minimum atomic E-state index is -0.254. The number of amides is 1. The van der Waals surface area contributed by atoms with E-state index in [2.05, 4.69) is 5.32 Å². The highest BCUT2D eigenvalue weighted by atomic mass is 16.5. The Morgan fingerprint density at radius 3 is 2.67 bits per heavy atom. The van der Waals surface area contributed by atoms with Gasteiger partial charge in [0.1, 0.15) is 11.2 Å². The molecule has 0 atom stereocenters. The molecule has 2 aromatic carbocycles. The summed E-state index contributed by atoms with van der Waals surface area (Å²) in [4.78, 5) is 23.1. The zero-order valence-electron chi connectivity index (χ0n) is 13.7. The lowest BCUT2D eigenvalue weighted by Gasteiger charge is -2.10. The van der Waals surface area contributed by atoms with Crippen molar-refractivity contribution in [1.82, 2.24) is 0 Å². The highest BCUT2D eigenvalue weighted by molar-refractivity contribution is 6.07. The fraction of sp³-hybridized carbons (Fsp3) is 0.263. The Morgan fingerprint density at radius 1 is 1.12 bits per heavy atom. The molecule has 0 fully saturated rings. The van der Waals surface area contributed by atoms with Crippen LogP contribution in [0, 0.1) is 0 Å². The number of para-hydroxylation sites is 1. The number of fused-ring (bicyclic) bond motifs is 3. The Bertz CT molecular complexity index is 910. The largest absolute Gasteiger partial charge is 0.466 e. The van der Waals surface area contributed by atoms with Crippen molar-refractivity contribution in [2.75, 3.05) is 11.9 Å². The van der Waals surface area contributed by atoms with Crippen molar-refractivity contribution in [2.24, 2.45) is 0 Å². The van der Waals surface area contributed by atoms with E-state index < -0.39 is 0 Å². The number of anilines is 1. The molecule has 0 saturated carbocycles. The van der Waals surface area contributed by atoms with Gasteiger partial charge in [0.2, 0.25) is 5.91 Å². The predicted octanol–water partition coefficient (Wildman–Crippen LogP) is 4.04. The number of esters is 1. The van der Waals surface area contributed by atoms with E-state index >= 15 is 0 Å². The summed E-state index contributed by atoms with van der Waals surface area (Å²) in [5.74, 6) is -0.407. The number of carbonyl (C=O) groups excluding carboxylic acids is 2. The SMILES string of the molecule is CCOC(=O)CCc1cc2oc3ccccc3c2cc1NC(C)=O. The Morgan fingerprint density at radius 2 is 1.92 bits per heavy atom. The van der Waals surface area contributed by atoms with Gasteiger partial charge in [0.25, 0.3) is 0 Å². The monoisotopic (exact) mass is 325 g/mol. The first-order chi connectivity index (χ1) is 11.6. The first-order valence-electron chi connectivity index (χ1n) is 7.96. The molecule has 0 aliphatic carbocycles. The molecule has 0 spiro atoms. The van der Waals surface area contributed by atoms with Crippen LogP contribution >= 0.6 is 0 Å². The lowest BCUT2D eigenvalue weighted by Crippen LogP contribution is -2.10. The number of ether oxygens (including phenoxy) is 1. The lowest BCUT2D eigenvalue weighted by atomic mass is 10.0. The van der Waals surface area contributed by atoms with Gasteiger partial charge in [-0.25, -0.2) is 0 Å². The maximum atomic E-state index is 11.6. The molecule has 5 heteroatoms. The molecular formula is C19H19NO4. The van der Waals surface area contributed by atoms with Crippen molar-refractivity contribution >= 4 is 39.5 Å². The normalized spacial score (nSPS) is 10.9. The van der Waals surface area contributed by atoms with Crippen LogP contribution in [0.5, 0.6) is 0 Å². The van der Waals surface area contributed by atoms with Gasteiger partial charge in [-0.3, -0.25) is 9.59 Å². The van der Waals surface area contributed by atoms with E-state index in [1.54, 1.807) is 6.92 Å². The molecular weight excluding hydrogens is 306 g/mol. The second-order valence-electron chi connectivity index (χ2n) is 5.59. The van der Waals surface area contributed by atoms with Crippen LogP contribution in [0.4, 0.5) is 5.69 Å². The summed E-state index contributed by atoms with van der Waals surface area (Å²) in [6, 6.07) is 11.6. The molecule has 3 rings (SSSR count). The van der Waals surface area contributed by atoms with Crippen LogP contribution in [0.3, 0.4) is 0 Å². The first-order valence-corrected chi connectivity index (χ1v) is 7.96. The zero-order valence-corrected chi connectivity index (χ0v) is 13.7. The number of hydrogen-bond donors (Lipinski definition) is 1. The molecule has 1 aromatic heterocycles. The average molecular weight is 325 g/mol. The number of furan rings is 1. The Balaban J connectivity index is 2.03. The maximum Gasteiger partial charge on any atom is 0.306 e. The predicted molar refractivity (Wildman–Crippen MR) is 93.0 cm³/mol. The quantitative estimate of drug-likeness (QED) is 0.719. The summed E-state index contributed by atoms with van der Waals surface area (Å²) in [6.45, 7) is 3.61.